The van der Waals surface area contributed by atoms with Gasteiger partial charge in [0.05, 0.1) is 10.8 Å². The number of amides is 1. The summed E-state index contributed by atoms with van der Waals surface area (Å²) < 4.78 is 27.9. The molecule has 128 valence electrons. The van der Waals surface area contributed by atoms with E-state index >= 15 is 0 Å². The molecule has 2 unspecified atom stereocenters. The number of hydrogen-bond donors (Lipinski definition) is 1. The van der Waals surface area contributed by atoms with E-state index in [9.17, 15) is 13.2 Å². The maximum atomic E-state index is 12.9. The summed E-state index contributed by atoms with van der Waals surface area (Å²) in [5, 5.41) is 2.88. The Labute approximate surface area is 150 Å². The summed E-state index contributed by atoms with van der Waals surface area (Å²) in [6, 6.07) is 4.31. The first-order valence-corrected chi connectivity index (χ1v) is 10.8. The second kappa shape index (κ2) is 7.55. The number of halogens is 1. The highest BCUT2D eigenvalue weighted by Crippen LogP contribution is 2.30. The number of hydrogen-bond acceptors (Lipinski definition) is 4. The van der Waals surface area contributed by atoms with E-state index in [2.05, 4.69) is 21.2 Å². The van der Waals surface area contributed by atoms with Crippen molar-refractivity contribution in [2.24, 2.45) is 0 Å². The third-order valence-corrected chi connectivity index (χ3v) is 7.80. The molecule has 1 fully saturated rings. The Hall–Kier alpha value is -0.570. The van der Waals surface area contributed by atoms with Gasteiger partial charge in [-0.25, -0.2) is 8.42 Å². The van der Waals surface area contributed by atoms with E-state index in [0.717, 1.165) is 16.5 Å². The van der Waals surface area contributed by atoms with Crippen molar-refractivity contribution in [3.8, 4) is 0 Å². The summed E-state index contributed by atoms with van der Waals surface area (Å²) in [6.07, 6.45) is 0.810. The fourth-order valence-corrected chi connectivity index (χ4v) is 5.71. The maximum absolute atomic E-state index is 12.9. The molecule has 1 aromatic carbocycles. The van der Waals surface area contributed by atoms with Gasteiger partial charge in [0, 0.05) is 16.3 Å². The highest BCUT2D eigenvalue weighted by atomic mass is 79.9. The topological polar surface area (TPSA) is 66.5 Å². The molecule has 8 heteroatoms. The van der Waals surface area contributed by atoms with E-state index < -0.39 is 16.1 Å². The van der Waals surface area contributed by atoms with Crippen LogP contribution in [0.5, 0.6) is 0 Å². The summed E-state index contributed by atoms with van der Waals surface area (Å²) in [7, 11) is -3.68. The number of aryl methyl sites for hydroxylation is 1. The minimum absolute atomic E-state index is 0.0348. The lowest BCUT2D eigenvalue weighted by molar-refractivity contribution is -0.124. The van der Waals surface area contributed by atoms with E-state index in [4.69, 9.17) is 0 Å². The van der Waals surface area contributed by atoms with Gasteiger partial charge in [0.25, 0.3) is 0 Å². The lowest BCUT2D eigenvalue weighted by atomic mass is 10.2. The van der Waals surface area contributed by atoms with Crippen LogP contribution >= 0.6 is 27.7 Å². The largest absolute Gasteiger partial charge is 0.352 e. The summed E-state index contributed by atoms with van der Waals surface area (Å²) >= 11 is 4.83. The van der Waals surface area contributed by atoms with Crippen LogP contribution in [0.2, 0.25) is 0 Å². The zero-order valence-corrected chi connectivity index (χ0v) is 16.6. The van der Waals surface area contributed by atoms with Crippen LogP contribution in [0.3, 0.4) is 0 Å². The number of carbonyl (C=O) groups excluding carboxylic acids is 1. The van der Waals surface area contributed by atoms with Crippen LogP contribution in [-0.2, 0) is 14.8 Å². The summed E-state index contributed by atoms with van der Waals surface area (Å²) in [6.45, 7) is 5.74. The molecule has 1 N–H and O–H groups in total. The Bertz CT molecular complexity index is 694. The average Bonchev–Trinajstić information content (AvgIpc) is 3.00. The van der Waals surface area contributed by atoms with Gasteiger partial charge < -0.3 is 5.32 Å². The minimum atomic E-state index is -3.68. The molecule has 1 amide bonds. The van der Waals surface area contributed by atoms with E-state index in [1.165, 1.54) is 16.1 Å². The molecule has 0 aromatic heterocycles. The normalized spacial score (nSPS) is 20.4. The molecule has 5 nitrogen and oxygen atoms in total. The van der Waals surface area contributed by atoms with Crippen LogP contribution < -0.4 is 5.32 Å². The van der Waals surface area contributed by atoms with Crippen molar-refractivity contribution in [2.45, 2.75) is 44.2 Å². The Balaban J connectivity index is 2.27. The number of nitrogens with zero attached hydrogens (tertiary/aromatic N) is 1. The Kier molecular flexibility index (Phi) is 6.16. The summed E-state index contributed by atoms with van der Waals surface area (Å²) in [5.74, 6) is 0.564. The molecule has 0 spiro atoms. The van der Waals surface area contributed by atoms with Crippen LogP contribution in [0.15, 0.2) is 27.6 Å². The van der Waals surface area contributed by atoms with Crippen molar-refractivity contribution in [3.05, 3.63) is 28.2 Å². The number of carbonyl (C=O) groups is 1. The Morgan fingerprint density at radius 1 is 1.52 bits per heavy atom. The first-order chi connectivity index (χ1) is 10.8. The standard InChI is InChI=1S/C15H21BrN2O3S2/c1-4-11(3)17-15(19)14-8-22-9-18(14)23(20,21)12-5-6-13(16)10(2)7-12/h5-7,11,14H,4,8-9H2,1-3H3,(H,17,19). The van der Waals surface area contributed by atoms with Crippen molar-refractivity contribution >= 4 is 43.6 Å². The number of thioether (sulfide) groups is 1. The highest BCUT2D eigenvalue weighted by Gasteiger charge is 2.40. The lowest BCUT2D eigenvalue weighted by Gasteiger charge is -2.24. The van der Waals surface area contributed by atoms with Gasteiger partial charge in [0.15, 0.2) is 0 Å². The second-order valence-corrected chi connectivity index (χ2v) is 9.38. The molecule has 2 rings (SSSR count). The quantitative estimate of drug-likeness (QED) is 0.794. The molecule has 0 saturated carbocycles. The van der Waals surface area contributed by atoms with E-state index in [1.54, 1.807) is 18.2 Å². The number of sulfonamides is 1. The molecular formula is C15H21BrN2O3S2. The van der Waals surface area contributed by atoms with Crippen LogP contribution in [0.25, 0.3) is 0 Å². The number of benzene rings is 1. The van der Waals surface area contributed by atoms with Crippen molar-refractivity contribution < 1.29 is 13.2 Å². The molecular weight excluding hydrogens is 400 g/mol. The first-order valence-electron chi connectivity index (χ1n) is 7.43. The van der Waals surface area contributed by atoms with E-state index in [-0.39, 0.29) is 16.8 Å². The van der Waals surface area contributed by atoms with Gasteiger partial charge in [0.2, 0.25) is 15.9 Å². The average molecular weight is 421 g/mol. The number of rotatable bonds is 5. The zero-order valence-electron chi connectivity index (χ0n) is 13.4. The smallest absolute Gasteiger partial charge is 0.244 e. The third kappa shape index (κ3) is 4.10. The van der Waals surface area contributed by atoms with Gasteiger partial charge in [-0.05, 0) is 44.0 Å². The first kappa shape index (κ1) is 18.8. The molecule has 1 aliphatic rings. The fraction of sp³-hybridized carbons (Fsp3) is 0.533. The van der Waals surface area contributed by atoms with Gasteiger partial charge in [-0.1, -0.05) is 22.9 Å². The van der Waals surface area contributed by atoms with Crippen molar-refractivity contribution in [1.82, 2.24) is 9.62 Å². The highest BCUT2D eigenvalue weighted by molar-refractivity contribution is 9.10. The monoisotopic (exact) mass is 420 g/mol. The van der Waals surface area contributed by atoms with Gasteiger partial charge in [0.1, 0.15) is 6.04 Å². The molecule has 0 radical (unpaired) electrons. The maximum Gasteiger partial charge on any atom is 0.244 e. The SMILES string of the molecule is CCC(C)NC(=O)C1CSCN1S(=O)(=O)c1ccc(Br)c(C)c1. The van der Waals surface area contributed by atoms with Crippen molar-refractivity contribution in [2.75, 3.05) is 11.6 Å². The van der Waals surface area contributed by atoms with Crippen molar-refractivity contribution in [1.29, 1.82) is 0 Å². The van der Waals surface area contributed by atoms with Crippen LogP contribution in [-0.4, -0.2) is 42.3 Å². The Morgan fingerprint density at radius 2 is 2.22 bits per heavy atom. The Morgan fingerprint density at radius 3 is 2.83 bits per heavy atom. The van der Waals surface area contributed by atoms with Gasteiger partial charge in [-0.2, -0.15) is 4.31 Å². The molecule has 0 bridgehead atoms. The molecule has 2 atom stereocenters. The van der Waals surface area contributed by atoms with Gasteiger partial charge >= 0.3 is 0 Å². The predicted molar refractivity (Wildman–Crippen MR) is 96.9 cm³/mol. The molecule has 1 saturated heterocycles. The predicted octanol–water partition coefficient (Wildman–Crippen LogP) is 2.74. The van der Waals surface area contributed by atoms with Gasteiger partial charge in [-0.3, -0.25) is 4.79 Å². The lowest BCUT2D eigenvalue weighted by Crippen LogP contribution is -2.49. The van der Waals surface area contributed by atoms with Crippen LogP contribution in [0, 0.1) is 6.92 Å². The molecule has 0 aliphatic carbocycles. The number of nitrogens with one attached hydrogen (secondary N) is 1. The summed E-state index contributed by atoms with van der Waals surface area (Å²) in [5.41, 5.74) is 0.846. The van der Waals surface area contributed by atoms with E-state index in [1.807, 2.05) is 20.8 Å². The molecule has 1 aromatic rings. The fourth-order valence-electron chi connectivity index (χ4n) is 2.22. The molecule has 23 heavy (non-hydrogen) atoms. The van der Waals surface area contributed by atoms with Crippen molar-refractivity contribution in [3.63, 3.8) is 0 Å². The summed E-state index contributed by atoms with van der Waals surface area (Å²) in [4.78, 5) is 12.6. The third-order valence-electron chi connectivity index (χ3n) is 3.88. The molecule has 1 aliphatic heterocycles. The zero-order chi connectivity index (χ0) is 17.2. The van der Waals surface area contributed by atoms with E-state index in [0.29, 0.717) is 11.6 Å². The minimum Gasteiger partial charge on any atom is -0.352 e. The second-order valence-electron chi connectivity index (χ2n) is 5.64. The van der Waals surface area contributed by atoms with Crippen LogP contribution in [0.4, 0.5) is 0 Å². The van der Waals surface area contributed by atoms with Gasteiger partial charge in [-0.15, -0.1) is 11.8 Å². The molecule has 1 heterocycles. The van der Waals surface area contributed by atoms with Crippen LogP contribution in [0.1, 0.15) is 25.8 Å².